The Hall–Kier alpha value is -2.21. The Balaban J connectivity index is 1.73. The molecule has 6 heteroatoms. The van der Waals surface area contributed by atoms with E-state index in [1.54, 1.807) is 19.8 Å². The molecule has 6 nitrogen and oxygen atoms in total. The zero-order valence-corrected chi connectivity index (χ0v) is 13.4. The summed E-state index contributed by atoms with van der Waals surface area (Å²) in [6.07, 6.45) is 7.51. The van der Waals surface area contributed by atoms with Crippen LogP contribution in [-0.2, 0) is 4.74 Å². The minimum Gasteiger partial charge on any atom is -0.385 e. The standard InChI is InChI=1S/C17H22N4O2/c1-23-11-9-16-4-2-3-10-21(16)17(22)14-5-7-15(8-6-14)20-12-18-19-13-20/h5-8,12-13,16H,2-4,9-11H2,1H3/t16-/m1/s1. The van der Waals surface area contributed by atoms with E-state index in [2.05, 4.69) is 10.2 Å². The van der Waals surface area contributed by atoms with E-state index < -0.39 is 0 Å². The van der Waals surface area contributed by atoms with Gasteiger partial charge in [-0.05, 0) is 49.9 Å². The number of rotatable bonds is 5. The van der Waals surface area contributed by atoms with E-state index in [0.29, 0.717) is 6.61 Å². The van der Waals surface area contributed by atoms with Gasteiger partial charge in [-0.15, -0.1) is 10.2 Å². The highest BCUT2D eigenvalue weighted by Gasteiger charge is 2.27. The van der Waals surface area contributed by atoms with E-state index in [-0.39, 0.29) is 11.9 Å². The number of ether oxygens (including phenoxy) is 1. The van der Waals surface area contributed by atoms with E-state index in [1.165, 1.54) is 6.42 Å². The zero-order valence-electron chi connectivity index (χ0n) is 13.4. The van der Waals surface area contributed by atoms with Gasteiger partial charge >= 0.3 is 0 Å². The Morgan fingerprint density at radius 1 is 1.22 bits per heavy atom. The summed E-state index contributed by atoms with van der Waals surface area (Å²) in [7, 11) is 1.71. The summed E-state index contributed by atoms with van der Waals surface area (Å²) in [6.45, 7) is 1.53. The highest BCUT2D eigenvalue weighted by atomic mass is 16.5. The monoisotopic (exact) mass is 314 g/mol. The third-order valence-corrected chi connectivity index (χ3v) is 4.37. The molecule has 0 unspecified atom stereocenters. The van der Waals surface area contributed by atoms with Crippen LogP contribution in [0.3, 0.4) is 0 Å². The van der Waals surface area contributed by atoms with Crippen molar-refractivity contribution in [1.82, 2.24) is 19.7 Å². The van der Waals surface area contributed by atoms with Crippen LogP contribution in [0.2, 0.25) is 0 Å². The van der Waals surface area contributed by atoms with E-state index in [0.717, 1.165) is 37.1 Å². The molecule has 0 aliphatic carbocycles. The molecule has 1 atom stereocenters. The first-order chi connectivity index (χ1) is 11.3. The molecule has 3 rings (SSSR count). The molecule has 0 N–H and O–H groups in total. The van der Waals surface area contributed by atoms with Crippen molar-refractivity contribution in [3.05, 3.63) is 42.5 Å². The minimum atomic E-state index is 0.112. The first-order valence-corrected chi connectivity index (χ1v) is 8.04. The lowest BCUT2D eigenvalue weighted by molar-refractivity contribution is 0.0553. The van der Waals surface area contributed by atoms with Gasteiger partial charge < -0.3 is 9.64 Å². The Morgan fingerprint density at radius 2 is 1.96 bits per heavy atom. The molecular formula is C17H22N4O2. The van der Waals surface area contributed by atoms with Crippen LogP contribution in [0.4, 0.5) is 0 Å². The Bertz CT molecular complexity index is 625. The second kappa shape index (κ2) is 7.37. The number of carbonyl (C=O) groups is 1. The maximum absolute atomic E-state index is 12.8. The van der Waals surface area contributed by atoms with Crippen LogP contribution in [0.1, 0.15) is 36.0 Å². The molecule has 2 heterocycles. The zero-order chi connectivity index (χ0) is 16.1. The van der Waals surface area contributed by atoms with Gasteiger partial charge in [-0.25, -0.2) is 0 Å². The first kappa shape index (κ1) is 15.7. The number of amides is 1. The van der Waals surface area contributed by atoms with Crippen molar-refractivity contribution in [2.45, 2.75) is 31.7 Å². The van der Waals surface area contributed by atoms with Crippen LogP contribution in [0.25, 0.3) is 5.69 Å². The smallest absolute Gasteiger partial charge is 0.254 e. The second-order valence-corrected chi connectivity index (χ2v) is 5.85. The molecule has 0 radical (unpaired) electrons. The van der Waals surface area contributed by atoms with Gasteiger partial charge in [0.1, 0.15) is 12.7 Å². The molecule has 1 saturated heterocycles. The van der Waals surface area contributed by atoms with Gasteiger partial charge in [-0.1, -0.05) is 0 Å². The fourth-order valence-electron chi connectivity index (χ4n) is 3.10. The van der Waals surface area contributed by atoms with Crippen LogP contribution in [-0.4, -0.2) is 51.9 Å². The van der Waals surface area contributed by atoms with Crippen molar-refractivity contribution in [2.24, 2.45) is 0 Å². The van der Waals surface area contributed by atoms with Crippen molar-refractivity contribution >= 4 is 5.91 Å². The number of nitrogens with zero attached hydrogens (tertiary/aromatic N) is 4. The average Bonchev–Trinajstić information content (AvgIpc) is 3.14. The van der Waals surface area contributed by atoms with Gasteiger partial charge in [0.25, 0.3) is 5.91 Å². The van der Waals surface area contributed by atoms with Crippen molar-refractivity contribution in [1.29, 1.82) is 0 Å². The predicted molar refractivity (Wildman–Crippen MR) is 86.5 cm³/mol. The van der Waals surface area contributed by atoms with E-state index >= 15 is 0 Å². The molecule has 1 aliphatic heterocycles. The summed E-state index contributed by atoms with van der Waals surface area (Å²) >= 11 is 0. The van der Waals surface area contributed by atoms with E-state index in [4.69, 9.17) is 4.74 Å². The van der Waals surface area contributed by atoms with Crippen LogP contribution in [0.15, 0.2) is 36.9 Å². The van der Waals surface area contributed by atoms with Crippen LogP contribution in [0, 0.1) is 0 Å². The molecule has 1 aromatic heterocycles. The van der Waals surface area contributed by atoms with Crippen molar-refractivity contribution < 1.29 is 9.53 Å². The Morgan fingerprint density at radius 3 is 2.65 bits per heavy atom. The third kappa shape index (κ3) is 3.59. The lowest BCUT2D eigenvalue weighted by Crippen LogP contribution is -2.44. The van der Waals surface area contributed by atoms with Crippen molar-refractivity contribution in [3.63, 3.8) is 0 Å². The number of hydrogen-bond acceptors (Lipinski definition) is 4. The molecule has 23 heavy (non-hydrogen) atoms. The molecule has 122 valence electrons. The van der Waals surface area contributed by atoms with Gasteiger partial charge in [-0.3, -0.25) is 9.36 Å². The van der Waals surface area contributed by atoms with Crippen LogP contribution < -0.4 is 0 Å². The quantitative estimate of drug-likeness (QED) is 0.849. The number of piperidine rings is 1. The fourth-order valence-corrected chi connectivity index (χ4v) is 3.10. The molecule has 0 bridgehead atoms. The highest BCUT2D eigenvalue weighted by Crippen LogP contribution is 2.22. The van der Waals surface area contributed by atoms with Crippen molar-refractivity contribution in [3.8, 4) is 5.69 Å². The molecular weight excluding hydrogens is 292 g/mol. The number of carbonyl (C=O) groups excluding carboxylic acids is 1. The summed E-state index contributed by atoms with van der Waals surface area (Å²) in [6, 6.07) is 7.88. The molecule has 1 aliphatic rings. The van der Waals surface area contributed by atoms with Crippen LogP contribution >= 0.6 is 0 Å². The van der Waals surface area contributed by atoms with Crippen molar-refractivity contribution in [2.75, 3.05) is 20.3 Å². The summed E-state index contributed by atoms with van der Waals surface area (Å²) in [5.41, 5.74) is 1.67. The maximum atomic E-state index is 12.8. The molecule has 1 amide bonds. The second-order valence-electron chi connectivity index (χ2n) is 5.85. The number of aromatic nitrogens is 3. The fraction of sp³-hybridized carbons (Fsp3) is 0.471. The lowest BCUT2D eigenvalue weighted by atomic mass is 9.98. The molecule has 0 spiro atoms. The van der Waals surface area contributed by atoms with E-state index in [9.17, 15) is 4.79 Å². The SMILES string of the molecule is COCC[C@H]1CCCCN1C(=O)c1ccc(-n2cnnc2)cc1. The van der Waals surface area contributed by atoms with Crippen LogP contribution in [0.5, 0.6) is 0 Å². The summed E-state index contributed by atoms with van der Waals surface area (Å²) in [5, 5.41) is 7.59. The van der Waals surface area contributed by atoms with Gasteiger partial charge in [-0.2, -0.15) is 0 Å². The minimum absolute atomic E-state index is 0.112. The number of methoxy groups -OCH3 is 1. The number of benzene rings is 1. The van der Waals surface area contributed by atoms with E-state index in [1.807, 2.05) is 33.7 Å². The lowest BCUT2D eigenvalue weighted by Gasteiger charge is -2.36. The molecule has 1 aromatic carbocycles. The van der Waals surface area contributed by atoms with Gasteiger partial charge in [0.15, 0.2) is 0 Å². The summed E-state index contributed by atoms with van der Waals surface area (Å²) in [4.78, 5) is 14.8. The summed E-state index contributed by atoms with van der Waals surface area (Å²) in [5.74, 6) is 0.112. The predicted octanol–water partition coefficient (Wildman–Crippen LogP) is 2.30. The first-order valence-electron chi connectivity index (χ1n) is 8.04. The van der Waals surface area contributed by atoms with Gasteiger partial charge in [0.2, 0.25) is 0 Å². The van der Waals surface area contributed by atoms with Gasteiger partial charge in [0.05, 0.1) is 0 Å². The topological polar surface area (TPSA) is 60.2 Å². The molecule has 0 saturated carbocycles. The number of hydrogen-bond donors (Lipinski definition) is 0. The summed E-state index contributed by atoms with van der Waals surface area (Å²) < 4.78 is 7.00. The van der Waals surface area contributed by atoms with Gasteiger partial charge in [0, 0.05) is 37.6 Å². The molecule has 1 fully saturated rings. The normalized spacial score (nSPS) is 18.1. The third-order valence-electron chi connectivity index (χ3n) is 4.37. The largest absolute Gasteiger partial charge is 0.385 e. The highest BCUT2D eigenvalue weighted by molar-refractivity contribution is 5.94. The Labute approximate surface area is 136 Å². The maximum Gasteiger partial charge on any atom is 0.254 e. The average molecular weight is 314 g/mol. The molecule has 2 aromatic rings. The number of likely N-dealkylation sites (tertiary alicyclic amines) is 1. The Kier molecular flexibility index (Phi) is 5.02.